The van der Waals surface area contributed by atoms with Gasteiger partial charge >= 0.3 is 0 Å². The minimum Gasteiger partial charge on any atom is -0.350 e. The molecule has 1 saturated heterocycles. The van der Waals surface area contributed by atoms with Gasteiger partial charge in [0.25, 0.3) is 5.91 Å². The van der Waals surface area contributed by atoms with E-state index in [2.05, 4.69) is 36.0 Å². The molecular weight excluding hydrogens is 439 g/mol. The fourth-order valence-electron chi connectivity index (χ4n) is 5.19. The largest absolute Gasteiger partial charge is 0.350 e. The number of halogens is 1. The number of benzene rings is 1. The first-order valence-electron chi connectivity index (χ1n) is 11.3. The maximum Gasteiger partial charge on any atom is 0.268 e. The van der Waals surface area contributed by atoms with Gasteiger partial charge in [-0.15, -0.1) is 0 Å². The number of aromatic nitrogens is 1. The van der Waals surface area contributed by atoms with Crippen LogP contribution in [0.2, 0.25) is 0 Å². The molecule has 0 unspecified atom stereocenters. The molecule has 4 rings (SSSR count). The number of amides is 3. The Labute approximate surface area is 196 Å². The topological polar surface area (TPSA) is 111 Å². The lowest BCUT2D eigenvalue weighted by Crippen LogP contribution is -2.56. The van der Waals surface area contributed by atoms with Crippen molar-refractivity contribution in [2.45, 2.75) is 45.8 Å². The second-order valence-electron chi connectivity index (χ2n) is 9.81. The average molecular weight is 469 g/mol. The summed E-state index contributed by atoms with van der Waals surface area (Å²) < 4.78 is 14.0. The molecule has 3 N–H and O–H groups in total. The van der Waals surface area contributed by atoms with E-state index in [0.717, 1.165) is 6.08 Å². The number of fused-ring (bicyclic) bond motifs is 2. The zero-order chi connectivity index (χ0) is 24.9. The van der Waals surface area contributed by atoms with Gasteiger partial charge in [0, 0.05) is 17.4 Å². The van der Waals surface area contributed by atoms with Gasteiger partial charge < -0.3 is 20.5 Å². The van der Waals surface area contributed by atoms with E-state index in [0.29, 0.717) is 12.1 Å². The van der Waals surface area contributed by atoms with Crippen LogP contribution in [0, 0.1) is 23.1 Å². The summed E-state index contributed by atoms with van der Waals surface area (Å²) in [6.45, 7) is 11.1. The third-order valence-corrected chi connectivity index (χ3v) is 7.32. The molecule has 2 aliphatic rings. The van der Waals surface area contributed by atoms with Crippen molar-refractivity contribution < 1.29 is 23.6 Å². The Balaban J connectivity index is 1.48. The zero-order valence-corrected chi connectivity index (χ0v) is 19.6. The average Bonchev–Trinajstić information content (AvgIpc) is 3.18. The summed E-state index contributed by atoms with van der Waals surface area (Å²) in [5.41, 5.74) is 0.521. The highest BCUT2D eigenvalue weighted by Gasteiger charge is 2.69. The van der Waals surface area contributed by atoms with Crippen LogP contribution in [0.25, 0.3) is 10.9 Å². The SMILES string of the molecule is C=CC(=O)[C@H](C)NC(=O)[C@@H]1[C@@H]2[C@H](CN1C(=O)[C@H](C)NC(=O)c1cc3c(F)cccc3[nH]1)C2(C)C. The van der Waals surface area contributed by atoms with Gasteiger partial charge in [-0.1, -0.05) is 26.5 Å². The summed E-state index contributed by atoms with van der Waals surface area (Å²) in [5.74, 6) is -1.95. The standard InChI is InChI=1S/C25H29FN4O4/c1-6-19(31)12(2)27-23(33)21-20-15(25(20,4)5)11-30(21)24(34)13(3)28-22(32)18-10-14-16(26)8-7-9-17(14)29-18/h6-10,12-13,15,20-21,29H,1,11H2,2-5H3,(H,27,33)(H,28,32)/t12-,13-,15-,20-,21-/m0/s1. The predicted molar refractivity (Wildman–Crippen MR) is 124 cm³/mol. The van der Waals surface area contributed by atoms with Gasteiger partial charge in [0.05, 0.1) is 6.04 Å². The highest BCUT2D eigenvalue weighted by atomic mass is 19.1. The van der Waals surface area contributed by atoms with Crippen molar-refractivity contribution in [3.05, 3.63) is 48.4 Å². The lowest BCUT2D eigenvalue weighted by Gasteiger charge is -2.32. The molecule has 180 valence electrons. The molecule has 0 spiro atoms. The Hall–Kier alpha value is -3.49. The van der Waals surface area contributed by atoms with Gasteiger partial charge in [-0.2, -0.15) is 0 Å². The van der Waals surface area contributed by atoms with Crippen LogP contribution in [0.5, 0.6) is 0 Å². The smallest absolute Gasteiger partial charge is 0.268 e. The molecule has 1 saturated carbocycles. The highest BCUT2D eigenvalue weighted by molar-refractivity contribution is 6.01. The zero-order valence-electron chi connectivity index (χ0n) is 19.6. The molecule has 2 heterocycles. The van der Waals surface area contributed by atoms with Crippen molar-refractivity contribution >= 4 is 34.4 Å². The fourth-order valence-corrected chi connectivity index (χ4v) is 5.19. The van der Waals surface area contributed by atoms with Crippen molar-refractivity contribution in [1.82, 2.24) is 20.5 Å². The monoisotopic (exact) mass is 468 g/mol. The number of rotatable bonds is 7. The first-order valence-corrected chi connectivity index (χ1v) is 11.3. The van der Waals surface area contributed by atoms with Gasteiger partial charge in [-0.25, -0.2) is 4.39 Å². The minimum absolute atomic E-state index is 0.0259. The van der Waals surface area contributed by atoms with Crippen LogP contribution in [-0.4, -0.2) is 58.1 Å². The molecule has 1 aromatic carbocycles. The number of carbonyl (C=O) groups is 4. The van der Waals surface area contributed by atoms with E-state index in [1.165, 1.54) is 23.1 Å². The van der Waals surface area contributed by atoms with E-state index in [-0.39, 0.29) is 40.0 Å². The molecule has 8 nitrogen and oxygen atoms in total. The Morgan fingerprint density at radius 3 is 2.56 bits per heavy atom. The molecule has 34 heavy (non-hydrogen) atoms. The van der Waals surface area contributed by atoms with Gasteiger partial charge in [0.15, 0.2) is 5.78 Å². The van der Waals surface area contributed by atoms with Crippen LogP contribution in [-0.2, 0) is 14.4 Å². The number of hydrogen-bond acceptors (Lipinski definition) is 4. The van der Waals surface area contributed by atoms with Crippen molar-refractivity contribution in [2.75, 3.05) is 6.54 Å². The molecule has 1 aromatic heterocycles. The lowest BCUT2D eigenvalue weighted by molar-refractivity contribution is -0.142. The van der Waals surface area contributed by atoms with E-state index >= 15 is 0 Å². The van der Waals surface area contributed by atoms with E-state index in [1.54, 1.807) is 19.9 Å². The van der Waals surface area contributed by atoms with E-state index in [4.69, 9.17) is 0 Å². The summed E-state index contributed by atoms with van der Waals surface area (Å²) in [6, 6.07) is 3.52. The Kier molecular flexibility index (Phi) is 5.83. The molecular formula is C25H29FN4O4. The molecule has 1 aliphatic heterocycles. The van der Waals surface area contributed by atoms with Crippen LogP contribution in [0.1, 0.15) is 38.2 Å². The quantitative estimate of drug-likeness (QED) is 0.541. The number of aromatic amines is 1. The van der Waals surface area contributed by atoms with E-state index < -0.39 is 35.8 Å². The van der Waals surface area contributed by atoms with Gasteiger partial charge in [-0.05, 0) is 55.4 Å². The number of nitrogens with one attached hydrogen (secondary N) is 3. The number of nitrogens with zero attached hydrogens (tertiary/aromatic N) is 1. The normalized spacial score (nSPS) is 24.1. The first kappa shape index (κ1) is 23.7. The number of carbonyl (C=O) groups excluding carboxylic acids is 4. The third-order valence-electron chi connectivity index (χ3n) is 7.32. The van der Waals surface area contributed by atoms with E-state index in [9.17, 15) is 23.6 Å². The minimum atomic E-state index is -0.910. The number of hydrogen-bond donors (Lipinski definition) is 3. The van der Waals surface area contributed by atoms with Crippen LogP contribution >= 0.6 is 0 Å². The van der Waals surface area contributed by atoms with Crippen molar-refractivity contribution in [3.63, 3.8) is 0 Å². The second-order valence-corrected chi connectivity index (χ2v) is 9.81. The number of ketones is 1. The number of piperidine rings is 1. The molecule has 1 aliphatic carbocycles. The molecule has 0 radical (unpaired) electrons. The summed E-state index contributed by atoms with van der Waals surface area (Å²) >= 11 is 0. The van der Waals surface area contributed by atoms with Crippen LogP contribution in [0.15, 0.2) is 36.9 Å². The molecule has 0 bridgehead atoms. The van der Waals surface area contributed by atoms with Gasteiger partial charge in [0.2, 0.25) is 11.8 Å². The van der Waals surface area contributed by atoms with Crippen LogP contribution in [0.3, 0.4) is 0 Å². The number of likely N-dealkylation sites (tertiary alicyclic amines) is 1. The summed E-state index contributed by atoms with van der Waals surface area (Å²) in [6.07, 6.45) is 1.15. The molecule has 9 heteroatoms. The highest BCUT2D eigenvalue weighted by Crippen LogP contribution is 2.64. The Morgan fingerprint density at radius 2 is 1.91 bits per heavy atom. The first-order chi connectivity index (χ1) is 16.0. The van der Waals surface area contributed by atoms with Gasteiger partial charge in [0.1, 0.15) is 23.6 Å². The maximum atomic E-state index is 14.0. The second kappa shape index (κ2) is 8.38. The predicted octanol–water partition coefficient (Wildman–Crippen LogP) is 2.17. The van der Waals surface area contributed by atoms with Crippen LogP contribution in [0.4, 0.5) is 4.39 Å². The molecule has 2 aromatic rings. The van der Waals surface area contributed by atoms with Crippen molar-refractivity contribution in [1.29, 1.82) is 0 Å². The third kappa shape index (κ3) is 3.89. The molecule has 3 amide bonds. The Bertz CT molecular complexity index is 1200. The van der Waals surface area contributed by atoms with Crippen molar-refractivity contribution in [2.24, 2.45) is 17.3 Å². The summed E-state index contributed by atoms with van der Waals surface area (Å²) in [7, 11) is 0. The maximum absolute atomic E-state index is 14.0. The number of H-pyrrole nitrogens is 1. The van der Waals surface area contributed by atoms with Gasteiger partial charge in [-0.3, -0.25) is 19.2 Å². The fraction of sp³-hybridized carbons (Fsp3) is 0.440. The molecule has 2 fully saturated rings. The summed E-state index contributed by atoms with van der Waals surface area (Å²) in [4.78, 5) is 55.3. The Morgan fingerprint density at radius 1 is 1.21 bits per heavy atom. The molecule has 5 atom stereocenters. The van der Waals surface area contributed by atoms with E-state index in [1.807, 2.05) is 0 Å². The summed E-state index contributed by atoms with van der Waals surface area (Å²) in [5, 5.41) is 5.63. The lowest BCUT2D eigenvalue weighted by atomic mass is 9.99. The van der Waals surface area contributed by atoms with Crippen molar-refractivity contribution in [3.8, 4) is 0 Å². The van der Waals surface area contributed by atoms with Crippen LogP contribution < -0.4 is 10.6 Å².